The summed E-state index contributed by atoms with van der Waals surface area (Å²) in [6.07, 6.45) is 3.53. The smallest absolute Gasteiger partial charge is 0.410 e. The van der Waals surface area contributed by atoms with Crippen molar-refractivity contribution >= 4 is 12.1 Å². The molecule has 130 valence electrons. The predicted molar refractivity (Wildman–Crippen MR) is 90.7 cm³/mol. The Kier molecular flexibility index (Phi) is 5.28. The minimum Gasteiger partial charge on any atom is -0.467 e. The van der Waals surface area contributed by atoms with Crippen molar-refractivity contribution in [3.05, 3.63) is 66.0 Å². The number of methoxy groups -OCH3 is 1. The average molecular weight is 340 g/mol. The van der Waals surface area contributed by atoms with E-state index in [1.54, 1.807) is 12.4 Å². The molecule has 1 aromatic carbocycles. The molecule has 1 fully saturated rings. The van der Waals surface area contributed by atoms with Gasteiger partial charge < -0.3 is 9.47 Å². The lowest BCUT2D eigenvalue weighted by molar-refractivity contribution is -0.145. The average Bonchev–Trinajstić information content (AvgIpc) is 3.12. The van der Waals surface area contributed by atoms with E-state index in [4.69, 9.17) is 9.47 Å². The predicted octanol–water partition coefficient (Wildman–Crippen LogP) is 2.75. The van der Waals surface area contributed by atoms with Crippen LogP contribution in [0.5, 0.6) is 0 Å². The summed E-state index contributed by atoms with van der Waals surface area (Å²) in [7, 11) is 1.33. The highest BCUT2D eigenvalue weighted by Crippen LogP contribution is 2.34. The Labute approximate surface area is 146 Å². The highest BCUT2D eigenvalue weighted by Gasteiger charge is 2.44. The van der Waals surface area contributed by atoms with E-state index in [1.807, 2.05) is 42.5 Å². The van der Waals surface area contributed by atoms with Crippen molar-refractivity contribution < 1.29 is 19.1 Å². The van der Waals surface area contributed by atoms with E-state index in [2.05, 4.69) is 4.98 Å². The first-order valence-electron chi connectivity index (χ1n) is 8.16. The number of benzene rings is 1. The fourth-order valence-electron chi connectivity index (χ4n) is 3.17. The largest absolute Gasteiger partial charge is 0.467 e. The van der Waals surface area contributed by atoms with E-state index in [0.717, 1.165) is 11.1 Å². The van der Waals surface area contributed by atoms with Crippen LogP contribution in [0.25, 0.3) is 0 Å². The SMILES string of the molecule is COC(=O)[C@H]1[C@H](c2ccncc2)CCN1C(=O)OCc1ccccc1. The summed E-state index contributed by atoms with van der Waals surface area (Å²) in [5, 5.41) is 0. The topological polar surface area (TPSA) is 68.7 Å². The third-order valence-electron chi connectivity index (χ3n) is 4.41. The first-order valence-corrected chi connectivity index (χ1v) is 8.16. The first kappa shape index (κ1) is 17.0. The second kappa shape index (κ2) is 7.79. The number of ether oxygens (including phenoxy) is 2. The molecule has 6 nitrogen and oxygen atoms in total. The van der Waals surface area contributed by atoms with Gasteiger partial charge in [-0.1, -0.05) is 30.3 Å². The fourth-order valence-corrected chi connectivity index (χ4v) is 3.17. The van der Waals surface area contributed by atoms with Gasteiger partial charge in [-0.15, -0.1) is 0 Å². The molecule has 2 atom stereocenters. The monoisotopic (exact) mass is 340 g/mol. The Balaban J connectivity index is 1.73. The Morgan fingerprint density at radius 2 is 1.88 bits per heavy atom. The molecule has 1 aliphatic heterocycles. The molecule has 3 rings (SSSR count). The van der Waals surface area contributed by atoms with Crippen molar-refractivity contribution in [2.24, 2.45) is 0 Å². The fraction of sp³-hybridized carbons (Fsp3) is 0.316. The number of pyridine rings is 1. The highest BCUT2D eigenvalue weighted by atomic mass is 16.6. The van der Waals surface area contributed by atoms with Crippen LogP contribution in [-0.2, 0) is 20.9 Å². The number of nitrogens with zero attached hydrogens (tertiary/aromatic N) is 2. The zero-order valence-electron chi connectivity index (χ0n) is 14.0. The van der Waals surface area contributed by atoms with Crippen molar-refractivity contribution in [1.29, 1.82) is 0 Å². The zero-order valence-corrected chi connectivity index (χ0v) is 14.0. The summed E-state index contributed by atoms with van der Waals surface area (Å²) in [5.41, 5.74) is 1.86. The van der Waals surface area contributed by atoms with E-state index >= 15 is 0 Å². The van der Waals surface area contributed by atoms with Gasteiger partial charge in [0.1, 0.15) is 12.6 Å². The Bertz CT molecular complexity index is 721. The summed E-state index contributed by atoms with van der Waals surface area (Å²) in [5.74, 6) is -0.560. The zero-order chi connectivity index (χ0) is 17.6. The van der Waals surface area contributed by atoms with Crippen LogP contribution in [0.4, 0.5) is 4.79 Å². The maximum absolute atomic E-state index is 12.5. The number of esters is 1. The van der Waals surface area contributed by atoms with E-state index < -0.39 is 18.1 Å². The van der Waals surface area contributed by atoms with Crippen LogP contribution >= 0.6 is 0 Å². The third-order valence-corrected chi connectivity index (χ3v) is 4.41. The van der Waals surface area contributed by atoms with Gasteiger partial charge in [0.25, 0.3) is 0 Å². The molecule has 2 heterocycles. The molecule has 0 spiro atoms. The van der Waals surface area contributed by atoms with Gasteiger partial charge in [0, 0.05) is 24.9 Å². The summed E-state index contributed by atoms with van der Waals surface area (Å²) in [4.78, 5) is 30.3. The Morgan fingerprint density at radius 3 is 2.56 bits per heavy atom. The van der Waals surface area contributed by atoms with Gasteiger partial charge in [0.05, 0.1) is 7.11 Å². The summed E-state index contributed by atoms with van der Waals surface area (Å²) < 4.78 is 10.3. The van der Waals surface area contributed by atoms with Crippen molar-refractivity contribution in [3.8, 4) is 0 Å². The Morgan fingerprint density at radius 1 is 1.16 bits per heavy atom. The molecule has 6 heteroatoms. The normalized spacial score (nSPS) is 19.5. The van der Waals surface area contributed by atoms with Crippen molar-refractivity contribution in [2.75, 3.05) is 13.7 Å². The molecule has 2 aromatic rings. The number of aromatic nitrogens is 1. The van der Waals surface area contributed by atoms with Gasteiger partial charge in [-0.25, -0.2) is 9.59 Å². The van der Waals surface area contributed by atoms with E-state index in [1.165, 1.54) is 12.0 Å². The molecule has 0 radical (unpaired) electrons. The van der Waals surface area contributed by atoms with E-state index in [-0.39, 0.29) is 12.5 Å². The van der Waals surface area contributed by atoms with Gasteiger partial charge in [0.2, 0.25) is 0 Å². The maximum atomic E-state index is 12.5. The van der Waals surface area contributed by atoms with E-state index in [9.17, 15) is 9.59 Å². The van der Waals surface area contributed by atoms with Crippen LogP contribution in [0, 0.1) is 0 Å². The van der Waals surface area contributed by atoms with Crippen LogP contribution in [0.2, 0.25) is 0 Å². The molecule has 1 amide bonds. The lowest BCUT2D eigenvalue weighted by Gasteiger charge is -2.25. The van der Waals surface area contributed by atoms with Gasteiger partial charge in [-0.2, -0.15) is 0 Å². The lowest BCUT2D eigenvalue weighted by atomic mass is 9.92. The summed E-state index contributed by atoms with van der Waals surface area (Å²) in [6.45, 7) is 0.615. The van der Waals surface area contributed by atoms with Gasteiger partial charge in [-0.05, 0) is 29.7 Å². The van der Waals surface area contributed by atoms with Crippen LogP contribution in [0.3, 0.4) is 0 Å². The third kappa shape index (κ3) is 3.79. The molecule has 0 N–H and O–H groups in total. The number of likely N-dealkylation sites (tertiary alicyclic amines) is 1. The number of hydrogen-bond donors (Lipinski definition) is 0. The Hall–Kier alpha value is -2.89. The molecule has 0 aliphatic carbocycles. The highest BCUT2D eigenvalue weighted by molar-refractivity contribution is 5.83. The van der Waals surface area contributed by atoms with Crippen LogP contribution < -0.4 is 0 Å². The first-order chi connectivity index (χ1) is 12.2. The maximum Gasteiger partial charge on any atom is 0.410 e. The number of carbonyl (C=O) groups excluding carboxylic acids is 2. The van der Waals surface area contributed by atoms with Gasteiger partial charge >= 0.3 is 12.1 Å². The standard InChI is InChI=1S/C19H20N2O4/c1-24-18(22)17-16(15-7-10-20-11-8-15)9-12-21(17)19(23)25-13-14-5-3-2-4-6-14/h2-8,10-11,16-17H,9,12-13H2,1H3/t16-,17+/m0/s1. The van der Waals surface area contributed by atoms with E-state index in [0.29, 0.717) is 13.0 Å². The second-order valence-corrected chi connectivity index (χ2v) is 5.88. The van der Waals surface area contributed by atoms with Crippen LogP contribution in [0.15, 0.2) is 54.9 Å². The number of amides is 1. The molecule has 25 heavy (non-hydrogen) atoms. The van der Waals surface area contributed by atoms with Crippen molar-refractivity contribution in [1.82, 2.24) is 9.88 Å². The minimum atomic E-state index is -0.685. The molecule has 1 saturated heterocycles. The quantitative estimate of drug-likeness (QED) is 0.801. The van der Waals surface area contributed by atoms with Crippen molar-refractivity contribution in [3.63, 3.8) is 0 Å². The number of carbonyl (C=O) groups is 2. The molecular formula is C19H20N2O4. The van der Waals surface area contributed by atoms with Gasteiger partial charge in [-0.3, -0.25) is 9.88 Å². The summed E-state index contributed by atoms with van der Waals surface area (Å²) in [6, 6.07) is 12.5. The lowest BCUT2D eigenvalue weighted by Crippen LogP contribution is -2.43. The molecular weight excluding hydrogens is 320 g/mol. The van der Waals surface area contributed by atoms with Gasteiger partial charge in [0.15, 0.2) is 0 Å². The van der Waals surface area contributed by atoms with Crippen LogP contribution in [0.1, 0.15) is 23.5 Å². The van der Waals surface area contributed by atoms with Crippen LogP contribution in [-0.4, -0.2) is 41.6 Å². The summed E-state index contributed by atoms with van der Waals surface area (Å²) >= 11 is 0. The molecule has 0 bridgehead atoms. The molecule has 1 aromatic heterocycles. The molecule has 0 saturated carbocycles. The molecule has 0 unspecified atom stereocenters. The van der Waals surface area contributed by atoms with Crippen molar-refractivity contribution in [2.45, 2.75) is 25.0 Å². The number of rotatable bonds is 4. The second-order valence-electron chi connectivity index (χ2n) is 5.88. The number of hydrogen-bond acceptors (Lipinski definition) is 5. The minimum absolute atomic E-state index is 0.125. The molecule has 1 aliphatic rings.